The van der Waals surface area contributed by atoms with Crippen molar-refractivity contribution in [2.24, 2.45) is 0 Å². The molecule has 2 aromatic carbocycles. The van der Waals surface area contributed by atoms with Crippen LogP contribution in [0.25, 0.3) is 22.6 Å². The van der Waals surface area contributed by atoms with E-state index in [2.05, 4.69) is 20.5 Å². The maximum Gasteiger partial charge on any atom is 0.248 e. The molecule has 118 valence electrons. The standard InChI is InChI=1S/C18H15N5O/c1-13-7-5-6-10-15(13)18-19-17(24-21-18)12-23-11-16(20-22-23)14-8-3-2-4-9-14/h2-11H,12H2,1H3. The molecule has 0 radical (unpaired) electrons. The molecule has 0 saturated carbocycles. The second-order valence-electron chi connectivity index (χ2n) is 5.49. The van der Waals surface area contributed by atoms with Crippen LogP contribution in [0.5, 0.6) is 0 Å². The van der Waals surface area contributed by atoms with Crippen LogP contribution in [0.3, 0.4) is 0 Å². The molecule has 0 N–H and O–H groups in total. The molecular formula is C18H15N5O. The molecule has 0 spiro atoms. The van der Waals surface area contributed by atoms with E-state index >= 15 is 0 Å². The van der Waals surface area contributed by atoms with Gasteiger partial charge in [0.2, 0.25) is 11.7 Å². The minimum absolute atomic E-state index is 0.388. The van der Waals surface area contributed by atoms with Crippen LogP contribution < -0.4 is 0 Å². The molecule has 2 aromatic heterocycles. The van der Waals surface area contributed by atoms with E-state index in [0.29, 0.717) is 18.3 Å². The Hall–Kier alpha value is -3.28. The number of benzene rings is 2. The lowest BCUT2D eigenvalue weighted by Gasteiger charge is -1.98. The third-order valence-electron chi connectivity index (χ3n) is 3.76. The SMILES string of the molecule is Cc1ccccc1-c1noc(Cn2cc(-c3ccccc3)nn2)n1. The van der Waals surface area contributed by atoms with Crippen LogP contribution in [0.2, 0.25) is 0 Å². The van der Waals surface area contributed by atoms with Gasteiger partial charge in [-0.25, -0.2) is 4.68 Å². The van der Waals surface area contributed by atoms with Gasteiger partial charge in [0.25, 0.3) is 0 Å². The number of aromatic nitrogens is 5. The molecule has 4 rings (SSSR count). The molecule has 0 amide bonds. The fourth-order valence-corrected chi connectivity index (χ4v) is 2.51. The largest absolute Gasteiger partial charge is 0.337 e. The van der Waals surface area contributed by atoms with Gasteiger partial charge in [-0.1, -0.05) is 65.0 Å². The molecule has 0 aliphatic carbocycles. The maximum atomic E-state index is 5.34. The second-order valence-corrected chi connectivity index (χ2v) is 5.49. The lowest BCUT2D eigenvalue weighted by molar-refractivity contribution is 0.364. The minimum atomic E-state index is 0.388. The summed E-state index contributed by atoms with van der Waals surface area (Å²) in [4.78, 5) is 4.45. The minimum Gasteiger partial charge on any atom is -0.337 e. The highest BCUT2D eigenvalue weighted by atomic mass is 16.5. The number of nitrogens with zero attached hydrogens (tertiary/aromatic N) is 5. The molecule has 0 atom stereocenters. The first-order valence-electron chi connectivity index (χ1n) is 7.64. The number of rotatable bonds is 4. The molecule has 0 bridgehead atoms. The predicted molar refractivity (Wildman–Crippen MR) is 89.0 cm³/mol. The van der Waals surface area contributed by atoms with E-state index in [1.54, 1.807) is 4.68 Å². The zero-order chi connectivity index (χ0) is 16.4. The van der Waals surface area contributed by atoms with Crippen LogP contribution in [-0.2, 0) is 6.54 Å². The molecule has 2 heterocycles. The third-order valence-corrected chi connectivity index (χ3v) is 3.76. The van der Waals surface area contributed by atoms with Gasteiger partial charge < -0.3 is 4.52 Å². The smallest absolute Gasteiger partial charge is 0.248 e. The van der Waals surface area contributed by atoms with Gasteiger partial charge in [-0.15, -0.1) is 5.10 Å². The first kappa shape index (κ1) is 14.3. The van der Waals surface area contributed by atoms with Crippen LogP contribution in [-0.4, -0.2) is 25.1 Å². The Balaban J connectivity index is 1.55. The average molecular weight is 317 g/mol. The van der Waals surface area contributed by atoms with E-state index in [0.717, 1.165) is 22.4 Å². The maximum absolute atomic E-state index is 5.34. The zero-order valence-corrected chi connectivity index (χ0v) is 13.1. The van der Waals surface area contributed by atoms with Gasteiger partial charge in [0.15, 0.2) is 0 Å². The Morgan fingerprint density at radius 1 is 1.00 bits per heavy atom. The summed E-state index contributed by atoms with van der Waals surface area (Å²) in [6, 6.07) is 17.9. The highest BCUT2D eigenvalue weighted by molar-refractivity contribution is 5.59. The van der Waals surface area contributed by atoms with Crippen molar-refractivity contribution in [1.29, 1.82) is 0 Å². The molecule has 0 unspecified atom stereocenters. The van der Waals surface area contributed by atoms with Gasteiger partial charge in [0, 0.05) is 11.1 Å². The summed E-state index contributed by atoms with van der Waals surface area (Å²) < 4.78 is 7.04. The first-order chi connectivity index (χ1) is 11.8. The monoisotopic (exact) mass is 317 g/mol. The summed E-state index contributed by atoms with van der Waals surface area (Å²) in [6.45, 7) is 2.41. The molecule has 24 heavy (non-hydrogen) atoms. The van der Waals surface area contributed by atoms with E-state index in [4.69, 9.17) is 4.52 Å². The molecule has 4 aromatic rings. The lowest BCUT2D eigenvalue weighted by Crippen LogP contribution is -2.00. The van der Waals surface area contributed by atoms with E-state index in [1.807, 2.05) is 67.7 Å². The Morgan fingerprint density at radius 3 is 2.62 bits per heavy atom. The highest BCUT2D eigenvalue weighted by Crippen LogP contribution is 2.20. The Labute approximate surface area is 138 Å². The van der Waals surface area contributed by atoms with Crippen molar-refractivity contribution in [3.05, 3.63) is 72.2 Å². The Kier molecular flexibility index (Phi) is 3.63. The number of hydrogen-bond donors (Lipinski definition) is 0. The van der Waals surface area contributed by atoms with Crippen molar-refractivity contribution in [3.8, 4) is 22.6 Å². The van der Waals surface area contributed by atoms with E-state index in [9.17, 15) is 0 Å². The van der Waals surface area contributed by atoms with Crippen molar-refractivity contribution < 1.29 is 4.52 Å². The van der Waals surface area contributed by atoms with E-state index in [1.165, 1.54) is 0 Å². The van der Waals surface area contributed by atoms with Crippen LogP contribution in [0, 0.1) is 6.92 Å². The average Bonchev–Trinajstić information content (AvgIpc) is 3.26. The Morgan fingerprint density at radius 2 is 1.79 bits per heavy atom. The quantitative estimate of drug-likeness (QED) is 0.577. The summed E-state index contributed by atoms with van der Waals surface area (Å²) in [5.41, 5.74) is 3.91. The van der Waals surface area contributed by atoms with Crippen LogP contribution in [0.1, 0.15) is 11.5 Å². The van der Waals surface area contributed by atoms with Gasteiger partial charge >= 0.3 is 0 Å². The van der Waals surface area contributed by atoms with Crippen LogP contribution in [0.15, 0.2) is 65.3 Å². The summed E-state index contributed by atoms with van der Waals surface area (Å²) in [5.74, 6) is 1.09. The zero-order valence-electron chi connectivity index (χ0n) is 13.1. The van der Waals surface area contributed by atoms with Crippen molar-refractivity contribution in [2.75, 3.05) is 0 Å². The molecule has 0 aliphatic rings. The second kappa shape index (κ2) is 6.08. The van der Waals surface area contributed by atoms with Crippen molar-refractivity contribution in [1.82, 2.24) is 25.1 Å². The van der Waals surface area contributed by atoms with Gasteiger partial charge in [0.1, 0.15) is 12.2 Å². The third kappa shape index (κ3) is 2.81. The topological polar surface area (TPSA) is 69.6 Å². The molecule has 0 saturated heterocycles. The normalized spacial score (nSPS) is 10.9. The fraction of sp³-hybridized carbons (Fsp3) is 0.111. The van der Waals surface area contributed by atoms with E-state index < -0.39 is 0 Å². The molecular weight excluding hydrogens is 302 g/mol. The van der Waals surface area contributed by atoms with Gasteiger partial charge in [-0.2, -0.15) is 4.98 Å². The number of hydrogen-bond acceptors (Lipinski definition) is 5. The molecule has 0 fully saturated rings. The fourth-order valence-electron chi connectivity index (χ4n) is 2.51. The Bertz CT molecular complexity index is 958. The van der Waals surface area contributed by atoms with E-state index in [-0.39, 0.29) is 0 Å². The van der Waals surface area contributed by atoms with Crippen molar-refractivity contribution in [2.45, 2.75) is 13.5 Å². The molecule has 6 nitrogen and oxygen atoms in total. The first-order valence-corrected chi connectivity index (χ1v) is 7.64. The summed E-state index contributed by atoms with van der Waals surface area (Å²) >= 11 is 0. The van der Waals surface area contributed by atoms with Gasteiger partial charge in [-0.3, -0.25) is 0 Å². The molecule has 0 aliphatic heterocycles. The summed E-state index contributed by atoms with van der Waals surface area (Å²) in [6.07, 6.45) is 1.87. The lowest BCUT2D eigenvalue weighted by atomic mass is 10.1. The molecule has 6 heteroatoms. The van der Waals surface area contributed by atoms with Crippen molar-refractivity contribution in [3.63, 3.8) is 0 Å². The van der Waals surface area contributed by atoms with Crippen LogP contribution >= 0.6 is 0 Å². The summed E-state index contributed by atoms with van der Waals surface area (Å²) in [7, 11) is 0. The highest BCUT2D eigenvalue weighted by Gasteiger charge is 2.12. The van der Waals surface area contributed by atoms with Crippen LogP contribution in [0.4, 0.5) is 0 Å². The summed E-state index contributed by atoms with van der Waals surface area (Å²) in [5, 5.41) is 12.4. The van der Waals surface area contributed by atoms with Crippen molar-refractivity contribution >= 4 is 0 Å². The number of aryl methyl sites for hydroxylation is 1. The van der Waals surface area contributed by atoms with Gasteiger partial charge in [0.05, 0.1) is 6.20 Å². The van der Waals surface area contributed by atoms with Gasteiger partial charge in [-0.05, 0) is 12.5 Å². The predicted octanol–water partition coefficient (Wildman–Crippen LogP) is 3.35.